The first kappa shape index (κ1) is 21.2. The Hall–Kier alpha value is -0.890. The SMILES string of the molecule is COCCOCCNCCCN1CCN(C(=O)OC(C)(C)C)CC1. The Morgan fingerprint density at radius 3 is 2.38 bits per heavy atom. The van der Waals surface area contributed by atoms with Gasteiger partial charge in [0.1, 0.15) is 5.60 Å². The Bertz CT molecular complexity index is 339. The number of nitrogens with zero attached hydrogens (tertiary/aromatic N) is 2. The van der Waals surface area contributed by atoms with E-state index in [2.05, 4.69) is 10.2 Å². The van der Waals surface area contributed by atoms with E-state index in [0.717, 1.165) is 58.8 Å². The van der Waals surface area contributed by atoms with E-state index in [1.54, 1.807) is 12.0 Å². The zero-order valence-electron chi connectivity index (χ0n) is 15.8. The fourth-order valence-corrected chi connectivity index (χ4v) is 2.42. The molecule has 1 heterocycles. The monoisotopic (exact) mass is 345 g/mol. The third kappa shape index (κ3) is 10.1. The predicted octanol–water partition coefficient (Wildman–Crippen LogP) is 1.18. The van der Waals surface area contributed by atoms with Crippen LogP contribution in [0, 0.1) is 0 Å². The van der Waals surface area contributed by atoms with Crippen LogP contribution in [0.4, 0.5) is 4.79 Å². The minimum atomic E-state index is -0.423. The fourth-order valence-electron chi connectivity index (χ4n) is 2.42. The highest BCUT2D eigenvalue weighted by molar-refractivity contribution is 5.68. The Kier molecular flexibility index (Phi) is 10.2. The van der Waals surface area contributed by atoms with Crippen LogP contribution in [0.5, 0.6) is 0 Å². The molecule has 1 aliphatic rings. The smallest absolute Gasteiger partial charge is 0.410 e. The number of rotatable bonds is 10. The molecular formula is C17H35N3O4. The first-order valence-electron chi connectivity index (χ1n) is 8.90. The minimum absolute atomic E-state index is 0.197. The van der Waals surface area contributed by atoms with Crippen molar-refractivity contribution in [1.82, 2.24) is 15.1 Å². The van der Waals surface area contributed by atoms with Crippen molar-refractivity contribution in [2.75, 3.05) is 72.7 Å². The average molecular weight is 345 g/mol. The number of carbonyl (C=O) groups excluding carboxylic acids is 1. The van der Waals surface area contributed by atoms with Gasteiger partial charge >= 0.3 is 6.09 Å². The van der Waals surface area contributed by atoms with Crippen LogP contribution in [-0.2, 0) is 14.2 Å². The van der Waals surface area contributed by atoms with Gasteiger partial charge in [-0.2, -0.15) is 0 Å². The van der Waals surface area contributed by atoms with Crippen LogP contribution in [0.1, 0.15) is 27.2 Å². The van der Waals surface area contributed by atoms with Crippen LogP contribution in [0.2, 0.25) is 0 Å². The highest BCUT2D eigenvalue weighted by Gasteiger charge is 2.25. The van der Waals surface area contributed by atoms with Crippen molar-refractivity contribution >= 4 is 6.09 Å². The Labute approximate surface area is 146 Å². The van der Waals surface area contributed by atoms with Crippen molar-refractivity contribution in [3.8, 4) is 0 Å². The quantitative estimate of drug-likeness (QED) is 0.600. The van der Waals surface area contributed by atoms with Crippen molar-refractivity contribution in [2.24, 2.45) is 0 Å². The minimum Gasteiger partial charge on any atom is -0.444 e. The fraction of sp³-hybridized carbons (Fsp3) is 0.941. The van der Waals surface area contributed by atoms with Crippen LogP contribution < -0.4 is 5.32 Å². The van der Waals surface area contributed by atoms with Gasteiger partial charge in [-0.15, -0.1) is 0 Å². The van der Waals surface area contributed by atoms with Gasteiger partial charge in [0.15, 0.2) is 0 Å². The zero-order chi connectivity index (χ0) is 17.8. The van der Waals surface area contributed by atoms with Gasteiger partial charge in [0, 0.05) is 39.8 Å². The lowest BCUT2D eigenvalue weighted by atomic mass is 10.2. The molecule has 0 atom stereocenters. The van der Waals surface area contributed by atoms with Gasteiger partial charge in [-0.25, -0.2) is 4.79 Å². The largest absolute Gasteiger partial charge is 0.444 e. The summed E-state index contributed by atoms with van der Waals surface area (Å²) in [6.45, 7) is 14.0. The van der Waals surface area contributed by atoms with E-state index in [-0.39, 0.29) is 6.09 Å². The number of hydrogen-bond acceptors (Lipinski definition) is 6. The van der Waals surface area contributed by atoms with Crippen LogP contribution in [0.15, 0.2) is 0 Å². The number of hydrogen-bond donors (Lipinski definition) is 1. The summed E-state index contributed by atoms with van der Waals surface area (Å²) in [4.78, 5) is 16.2. The van der Waals surface area contributed by atoms with Gasteiger partial charge in [-0.05, 0) is 40.3 Å². The van der Waals surface area contributed by atoms with Crippen molar-refractivity contribution in [3.05, 3.63) is 0 Å². The molecule has 7 nitrogen and oxygen atoms in total. The highest BCUT2D eigenvalue weighted by atomic mass is 16.6. The molecule has 0 aromatic rings. The molecule has 7 heteroatoms. The number of piperazine rings is 1. The number of ether oxygens (including phenoxy) is 3. The Morgan fingerprint density at radius 2 is 1.75 bits per heavy atom. The van der Waals surface area contributed by atoms with Gasteiger partial charge in [-0.1, -0.05) is 0 Å². The van der Waals surface area contributed by atoms with Gasteiger partial charge in [0.2, 0.25) is 0 Å². The molecule has 0 aliphatic carbocycles. The first-order valence-corrected chi connectivity index (χ1v) is 8.90. The van der Waals surface area contributed by atoms with Crippen LogP contribution in [-0.4, -0.2) is 94.2 Å². The van der Waals surface area contributed by atoms with Crippen LogP contribution in [0.3, 0.4) is 0 Å². The summed E-state index contributed by atoms with van der Waals surface area (Å²) < 4.78 is 15.7. The summed E-state index contributed by atoms with van der Waals surface area (Å²) in [5.41, 5.74) is -0.423. The van der Waals surface area contributed by atoms with E-state index in [1.807, 2.05) is 20.8 Å². The molecule has 1 saturated heterocycles. The van der Waals surface area contributed by atoms with Crippen LogP contribution in [0.25, 0.3) is 0 Å². The second-order valence-corrected chi connectivity index (χ2v) is 7.02. The molecule has 0 spiro atoms. The summed E-state index contributed by atoms with van der Waals surface area (Å²) in [5.74, 6) is 0. The molecular weight excluding hydrogens is 310 g/mol. The van der Waals surface area contributed by atoms with E-state index in [9.17, 15) is 4.79 Å². The molecule has 0 aromatic carbocycles. The molecule has 1 N–H and O–H groups in total. The van der Waals surface area contributed by atoms with Crippen molar-refractivity contribution in [2.45, 2.75) is 32.8 Å². The van der Waals surface area contributed by atoms with E-state index in [0.29, 0.717) is 13.2 Å². The molecule has 0 aromatic heterocycles. The Morgan fingerprint density at radius 1 is 1.04 bits per heavy atom. The Balaban J connectivity index is 1.99. The maximum absolute atomic E-state index is 12.0. The zero-order valence-corrected chi connectivity index (χ0v) is 15.8. The lowest BCUT2D eigenvalue weighted by molar-refractivity contribution is 0.0144. The standard InChI is InChI=1S/C17H35N3O4/c1-17(2,3)24-16(21)20-11-9-19(10-12-20)8-5-6-18-7-13-23-15-14-22-4/h18H,5-15H2,1-4H3. The summed E-state index contributed by atoms with van der Waals surface area (Å²) in [6, 6.07) is 0. The average Bonchev–Trinajstić information content (AvgIpc) is 2.52. The number of carbonyl (C=O) groups is 1. The second kappa shape index (κ2) is 11.6. The third-order valence-corrected chi connectivity index (χ3v) is 3.71. The third-order valence-electron chi connectivity index (χ3n) is 3.71. The first-order chi connectivity index (χ1) is 11.4. The molecule has 0 saturated carbocycles. The number of methoxy groups -OCH3 is 1. The number of nitrogens with one attached hydrogen (secondary N) is 1. The normalized spacial score (nSPS) is 16.4. The van der Waals surface area contributed by atoms with E-state index in [4.69, 9.17) is 14.2 Å². The molecule has 0 bridgehead atoms. The molecule has 0 unspecified atom stereocenters. The van der Waals surface area contributed by atoms with Gasteiger partial charge in [0.25, 0.3) is 0 Å². The molecule has 142 valence electrons. The van der Waals surface area contributed by atoms with Crippen LogP contribution >= 0.6 is 0 Å². The van der Waals surface area contributed by atoms with Gasteiger partial charge < -0.3 is 24.4 Å². The van der Waals surface area contributed by atoms with Crippen molar-refractivity contribution in [3.63, 3.8) is 0 Å². The lowest BCUT2D eigenvalue weighted by Gasteiger charge is -2.35. The maximum Gasteiger partial charge on any atom is 0.410 e. The topological polar surface area (TPSA) is 63.3 Å². The van der Waals surface area contributed by atoms with Crippen molar-refractivity contribution in [1.29, 1.82) is 0 Å². The lowest BCUT2D eigenvalue weighted by Crippen LogP contribution is -2.50. The van der Waals surface area contributed by atoms with E-state index < -0.39 is 5.60 Å². The highest BCUT2D eigenvalue weighted by Crippen LogP contribution is 2.11. The summed E-state index contributed by atoms with van der Waals surface area (Å²) in [5, 5.41) is 3.38. The van der Waals surface area contributed by atoms with Crippen molar-refractivity contribution < 1.29 is 19.0 Å². The molecule has 1 aliphatic heterocycles. The molecule has 1 amide bonds. The summed E-state index contributed by atoms with van der Waals surface area (Å²) in [6.07, 6.45) is 0.905. The molecule has 1 rings (SSSR count). The van der Waals surface area contributed by atoms with E-state index >= 15 is 0 Å². The second-order valence-electron chi connectivity index (χ2n) is 7.02. The molecule has 0 radical (unpaired) electrons. The molecule has 1 fully saturated rings. The maximum atomic E-state index is 12.0. The summed E-state index contributed by atoms with van der Waals surface area (Å²) >= 11 is 0. The van der Waals surface area contributed by atoms with E-state index in [1.165, 1.54) is 0 Å². The predicted molar refractivity (Wildman–Crippen MR) is 94.4 cm³/mol. The molecule has 24 heavy (non-hydrogen) atoms. The summed E-state index contributed by atoms with van der Waals surface area (Å²) in [7, 11) is 1.68. The van der Waals surface area contributed by atoms with Gasteiger partial charge in [-0.3, -0.25) is 4.90 Å². The van der Waals surface area contributed by atoms with Gasteiger partial charge in [0.05, 0.1) is 19.8 Å². The number of amides is 1.